The Bertz CT molecular complexity index is 607. The number of unbranched alkanes of at least 4 members (excludes halogenated alkanes) is 1. The molecule has 1 fully saturated rings. The van der Waals surface area contributed by atoms with E-state index in [0.717, 1.165) is 51.3 Å². The second-order valence-corrected chi connectivity index (χ2v) is 7.02. The van der Waals surface area contributed by atoms with Crippen LogP contribution in [-0.2, 0) is 14.3 Å². The van der Waals surface area contributed by atoms with Crippen molar-refractivity contribution in [3.8, 4) is 0 Å². The molecule has 7 heteroatoms. The Labute approximate surface area is 185 Å². The molecule has 2 rings (SSSR count). The molecule has 6 nitrogen and oxygen atoms in total. The normalized spacial score (nSPS) is 19.5. The van der Waals surface area contributed by atoms with Crippen LogP contribution in [0.25, 0.3) is 0 Å². The van der Waals surface area contributed by atoms with E-state index in [1.165, 1.54) is 18.2 Å². The van der Waals surface area contributed by atoms with Crippen molar-refractivity contribution < 1.29 is 14.3 Å². The highest BCUT2D eigenvalue weighted by molar-refractivity contribution is 14.0. The van der Waals surface area contributed by atoms with Crippen molar-refractivity contribution in [3.05, 3.63) is 35.4 Å². The number of methoxy groups -OCH3 is 1. The minimum atomic E-state index is -0.156. The SMILES string of the molecule is CN=C(NCCCCC(=O)OC)NCC1CCCOC1c1ccc(C)cc1.I. The molecule has 1 heterocycles. The number of hydrogen-bond acceptors (Lipinski definition) is 4. The standard InChI is InChI=1S/C21H33N3O3.HI/c1-16-9-11-17(12-10-16)20-18(7-6-14-27-20)15-24-21(22-2)23-13-5-4-8-19(25)26-3;/h9-12,18,20H,4-8,13-15H2,1-3H3,(H2,22,23,24);1H. The van der Waals surface area contributed by atoms with Crippen LogP contribution in [-0.4, -0.2) is 45.8 Å². The van der Waals surface area contributed by atoms with Crippen molar-refractivity contribution in [2.45, 2.75) is 45.1 Å². The zero-order chi connectivity index (χ0) is 19.5. The lowest BCUT2D eigenvalue weighted by molar-refractivity contribution is -0.140. The van der Waals surface area contributed by atoms with Crippen molar-refractivity contribution in [2.75, 3.05) is 33.9 Å². The number of benzene rings is 1. The minimum Gasteiger partial charge on any atom is -0.469 e. The molecule has 0 amide bonds. The minimum absolute atomic E-state index is 0. The molecular formula is C21H34IN3O3. The number of aryl methyl sites for hydroxylation is 1. The van der Waals surface area contributed by atoms with E-state index in [2.05, 4.69) is 51.6 Å². The number of carbonyl (C=O) groups is 1. The van der Waals surface area contributed by atoms with Crippen molar-refractivity contribution in [2.24, 2.45) is 10.9 Å². The summed E-state index contributed by atoms with van der Waals surface area (Å²) in [4.78, 5) is 15.4. The summed E-state index contributed by atoms with van der Waals surface area (Å²) < 4.78 is 10.7. The highest BCUT2D eigenvalue weighted by Crippen LogP contribution is 2.33. The van der Waals surface area contributed by atoms with Crippen molar-refractivity contribution >= 4 is 35.9 Å². The second-order valence-electron chi connectivity index (χ2n) is 7.02. The number of aliphatic imine (C=N–C) groups is 1. The third kappa shape index (κ3) is 8.34. The largest absolute Gasteiger partial charge is 0.469 e. The number of esters is 1. The summed E-state index contributed by atoms with van der Waals surface area (Å²) in [5.74, 6) is 1.05. The molecule has 2 unspecified atom stereocenters. The van der Waals surface area contributed by atoms with Gasteiger partial charge in [-0.15, -0.1) is 24.0 Å². The Morgan fingerprint density at radius 2 is 2.00 bits per heavy atom. The number of nitrogens with one attached hydrogen (secondary N) is 2. The number of carbonyl (C=O) groups excluding carboxylic acids is 1. The molecular weight excluding hydrogens is 469 g/mol. The zero-order valence-corrected chi connectivity index (χ0v) is 19.5. The first kappa shape index (κ1) is 24.7. The molecule has 1 saturated heterocycles. The molecule has 1 aromatic carbocycles. The van der Waals surface area contributed by atoms with E-state index in [1.807, 2.05) is 0 Å². The maximum Gasteiger partial charge on any atom is 0.305 e. The Balaban J connectivity index is 0.00000392. The van der Waals surface area contributed by atoms with Crippen LogP contribution < -0.4 is 10.6 Å². The first-order chi connectivity index (χ1) is 13.1. The molecule has 2 atom stereocenters. The highest BCUT2D eigenvalue weighted by Gasteiger charge is 2.27. The molecule has 0 aliphatic carbocycles. The zero-order valence-electron chi connectivity index (χ0n) is 17.2. The van der Waals surface area contributed by atoms with E-state index < -0.39 is 0 Å². The van der Waals surface area contributed by atoms with E-state index in [4.69, 9.17) is 4.74 Å². The molecule has 0 radical (unpaired) electrons. The molecule has 1 aromatic rings. The summed E-state index contributed by atoms with van der Waals surface area (Å²) in [5, 5.41) is 6.74. The fraction of sp³-hybridized carbons (Fsp3) is 0.619. The van der Waals surface area contributed by atoms with Gasteiger partial charge in [-0.25, -0.2) is 0 Å². The summed E-state index contributed by atoms with van der Waals surface area (Å²) in [6, 6.07) is 8.64. The van der Waals surface area contributed by atoms with Gasteiger partial charge in [0.25, 0.3) is 0 Å². The van der Waals surface area contributed by atoms with Crippen LogP contribution in [0.1, 0.15) is 49.3 Å². The van der Waals surface area contributed by atoms with Gasteiger partial charge in [-0.3, -0.25) is 9.79 Å². The highest BCUT2D eigenvalue weighted by atomic mass is 127. The van der Waals surface area contributed by atoms with Crippen molar-refractivity contribution in [3.63, 3.8) is 0 Å². The maximum atomic E-state index is 11.1. The van der Waals surface area contributed by atoms with Crippen LogP contribution in [0.3, 0.4) is 0 Å². The molecule has 0 bridgehead atoms. The molecule has 0 aromatic heterocycles. The molecule has 158 valence electrons. The smallest absolute Gasteiger partial charge is 0.305 e. The fourth-order valence-electron chi connectivity index (χ4n) is 3.33. The third-order valence-corrected chi connectivity index (χ3v) is 4.93. The Hall–Kier alpha value is -1.35. The van der Waals surface area contributed by atoms with Gasteiger partial charge in [0, 0.05) is 39.1 Å². The summed E-state index contributed by atoms with van der Waals surface area (Å²) >= 11 is 0. The van der Waals surface area contributed by atoms with Crippen molar-refractivity contribution in [1.29, 1.82) is 0 Å². The van der Waals surface area contributed by atoms with Gasteiger partial charge in [-0.05, 0) is 38.2 Å². The van der Waals surface area contributed by atoms with E-state index >= 15 is 0 Å². The molecule has 1 aliphatic heterocycles. The predicted molar refractivity (Wildman–Crippen MR) is 123 cm³/mol. The lowest BCUT2D eigenvalue weighted by atomic mass is 9.89. The van der Waals surface area contributed by atoms with Crippen LogP contribution in [0.5, 0.6) is 0 Å². The Morgan fingerprint density at radius 3 is 2.68 bits per heavy atom. The Kier molecular flexibility index (Phi) is 12.1. The average Bonchev–Trinajstić information content (AvgIpc) is 2.70. The van der Waals surface area contributed by atoms with Gasteiger partial charge in [-0.1, -0.05) is 29.8 Å². The number of ether oxygens (including phenoxy) is 2. The quantitative estimate of drug-likeness (QED) is 0.187. The summed E-state index contributed by atoms with van der Waals surface area (Å²) in [5.41, 5.74) is 2.51. The number of hydrogen-bond donors (Lipinski definition) is 2. The fourth-order valence-corrected chi connectivity index (χ4v) is 3.33. The van der Waals surface area contributed by atoms with Gasteiger partial charge in [0.15, 0.2) is 5.96 Å². The number of guanidine groups is 1. The molecule has 28 heavy (non-hydrogen) atoms. The molecule has 2 N–H and O–H groups in total. The number of nitrogens with zero attached hydrogens (tertiary/aromatic N) is 1. The van der Waals surface area contributed by atoms with Crippen LogP contribution in [0.2, 0.25) is 0 Å². The number of rotatable bonds is 8. The predicted octanol–water partition coefficient (Wildman–Crippen LogP) is 3.59. The van der Waals surface area contributed by atoms with Gasteiger partial charge in [0.1, 0.15) is 0 Å². The summed E-state index contributed by atoms with van der Waals surface area (Å²) in [7, 11) is 3.20. The van der Waals surface area contributed by atoms with E-state index in [1.54, 1.807) is 7.05 Å². The first-order valence-electron chi connectivity index (χ1n) is 9.83. The van der Waals surface area contributed by atoms with E-state index in [0.29, 0.717) is 12.3 Å². The van der Waals surface area contributed by atoms with Gasteiger partial charge in [0.05, 0.1) is 13.2 Å². The van der Waals surface area contributed by atoms with Crippen LogP contribution >= 0.6 is 24.0 Å². The van der Waals surface area contributed by atoms with Crippen molar-refractivity contribution in [1.82, 2.24) is 10.6 Å². The molecule has 0 spiro atoms. The van der Waals surface area contributed by atoms with Gasteiger partial charge >= 0.3 is 5.97 Å². The van der Waals surface area contributed by atoms with Gasteiger partial charge in [0.2, 0.25) is 0 Å². The average molecular weight is 503 g/mol. The van der Waals surface area contributed by atoms with Gasteiger partial charge in [-0.2, -0.15) is 0 Å². The molecule has 0 saturated carbocycles. The summed E-state index contributed by atoms with van der Waals surface area (Å²) in [6.07, 6.45) is 4.53. The topological polar surface area (TPSA) is 72.0 Å². The monoisotopic (exact) mass is 503 g/mol. The van der Waals surface area contributed by atoms with E-state index in [-0.39, 0.29) is 36.0 Å². The van der Waals surface area contributed by atoms with Crippen LogP contribution in [0, 0.1) is 12.8 Å². The maximum absolute atomic E-state index is 11.1. The molecule has 1 aliphatic rings. The second kappa shape index (κ2) is 13.8. The number of halogens is 1. The third-order valence-electron chi connectivity index (χ3n) is 4.93. The lowest BCUT2D eigenvalue weighted by Gasteiger charge is -2.32. The van der Waals surface area contributed by atoms with Crippen LogP contribution in [0.4, 0.5) is 0 Å². The lowest BCUT2D eigenvalue weighted by Crippen LogP contribution is -2.42. The first-order valence-corrected chi connectivity index (χ1v) is 9.83. The summed E-state index contributed by atoms with van der Waals surface area (Å²) in [6.45, 7) is 4.52. The van der Waals surface area contributed by atoms with Gasteiger partial charge < -0.3 is 20.1 Å². The van der Waals surface area contributed by atoms with E-state index in [9.17, 15) is 4.79 Å². The Morgan fingerprint density at radius 1 is 1.25 bits per heavy atom. The van der Waals surface area contributed by atoms with Crippen LogP contribution in [0.15, 0.2) is 29.3 Å².